The zero-order chi connectivity index (χ0) is 13.1. The Morgan fingerprint density at radius 1 is 1.21 bits per heavy atom. The Hall–Kier alpha value is -1.87. The van der Waals surface area contributed by atoms with Crippen LogP contribution in [-0.4, -0.2) is 18.1 Å². The van der Waals surface area contributed by atoms with E-state index in [-0.39, 0.29) is 0 Å². The average Bonchev–Trinajstić information content (AvgIpc) is 3.29. The van der Waals surface area contributed by atoms with Crippen molar-refractivity contribution in [1.82, 2.24) is 10.3 Å². The summed E-state index contributed by atoms with van der Waals surface area (Å²) in [5.41, 5.74) is 3.33. The van der Waals surface area contributed by atoms with Crippen LogP contribution in [0.1, 0.15) is 18.4 Å². The van der Waals surface area contributed by atoms with E-state index in [1.54, 1.807) is 7.11 Å². The number of ether oxygens (including phenoxy) is 1. The number of rotatable bonds is 5. The molecule has 0 saturated heterocycles. The molecule has 0 aliphatic heterocycles. The third-order valence-corrected chi connectivity index (χ3v) is 3.42. The molecule has 0 spiro atoms. The standard InChI is InChI=1S/C16H18N2O/c1-19-15-7-4-10-17-16(15)14-6-3-2-5-12(14)11-18-13-8-9-13/h2-7,10,13,18H,8-9,11H2,1H3. The molecule has 0 amide bonds. The van der Waals surface area contributed by atoms with Gasteiger partial charge in [0, 0.05) is 24.3 Å². The highest BCUT2D eigenvalue weighted by molar-refractivity contribution is 5.69. The van der Waals surface area contributed by atoms with Gasteiger partial charge in [-0.05, 0) is 30.5 Å². The van der Waals surface area contributed by atoms with Crippen molar-refractivity contribution in [3.8, 4) is 17.0 Å². The number of benzene rings is 1. The van der Waals surface area contributed by atoms with Crippen LogP contribution in [0.15, 0.2) is 42.6 Å². The third-order valence-electron chi connectivity index (χ3n) is 3.42. The first-order chi connectivity index (χ1) is 9.38. The molecule has 1 fully saturated rings. The molecular weight excluding hydrogens is 236 g/mol. The van der Waals surface area contributed by atoms with Crippen molar-refractivity contribution in [3.63, 3.8) is 0 Å². The Morgan fingerprint density at radius 3 is 2.84 bits per heavy atom. The number of pyridine rings is 1. The number of hydrogen-bond acceptors (Lipinski definition) is 3. The number of nitrogens with one attached hydrogen (secondary N) is 1. The van der Waals surface area contributed by atoms with E-state index >= 15 is 0 Å². The summed E-state index contributed by atoms with van der Waals surface area (Å²) in [5, 5.41) is 3.55. The number of aromatic nitrogens is 1. The smallest absolute Gasteiger partial charge is 0.145 e. The highest BCUT2D eigenvalue weighted by Crippen LogP contribution is 2.30. The maximum atomic E-state index is 5.41. The molecule has 1 aromatic carbocycles. The van der Waals surface area contributed by atoms with Crippen LogP contribution in [0.5, 0.6) is 5.75 Å². The largest absolute Gasteiger partial charge is 0.494 e. The predicted octanol–water partition coefficient (Wildman–Crippen LogP) is 3.01. The van der Waals surface area contributed by atoms with Crippen molar-refractivity contribution >= 4 is 0 Å². The fraction of sp³-hybridized carbons (Fsp3) is 0.312. The summed E-state index contributed by atoms with van der Waals surface area (Å²) in [6.07, 6.45) is 4.41. The molecular formula is C16H18N2O. The quantitative estimate of drug-likeness (QED) is 0.890. The van der Waals surface area contributed by atoms with E-state index in [2.05, 4.69) is 28.5 Å². The number of nitrogens with zero attached hydrogens (tertiary/aromatic N) is 1. The van der Waals surface area contributed by atoms with Gasteiger partial charge in [0.05, 0.1) is 7.11 Å². The van der Waals surface area contributed by atoms with E-state index in [0.717, 1.165) is 23.6 Å². The van der Waals surface area contributed by atoms with Crippen molar-refractivity contribution in [2.24, 2.45) is 0 Å². The molecule has 98 valence electrons. The first-order valence-corrected chi connectivity index (χ1v) is 6.69. The molecule has 19 heavy (non-hydrogen) atoms. The average molecular weight is 254 g/mol. The molecule has 0 atom stereocenters. The van der Waals surface area contributed by atoms with Crippen LogP contribution in [0.25, 0.3) is 11.3 Å². The summed E-state index contributed by atoms with van der Waals surface area (Å²) in [6, 6.07) is 12.9. The summed E-state index contributed by atoms with van der Waals surface area (Å²) >= 11 is 0. The summed E-state index contributed by atoms with van der Waals surface area (Å²) in [7, 11) is 1.69. The van der Waals surface area contributed by atoms with Gasteiger partial charge in [-0.3, -0.25) is 4.98 Å². The van der Waals surface area contributed by atoms with Gasteiger partial charge in [0.2, 0.25) is 0 Å². The van der Waals surface area contributed by atoms with E-state index in [1.165, 1.54) is 18.4 Å². The van der Waals surface area contributed by atoms with Gasteiger partial charge in [-0.1, -0.05) is 24.3 Å². The second-order valence-electron chi connectivity index (χ2n) is 4.87. The molecule has 3 heteroatoms. The van der Waals surface area contributed by atoms with Gasteiger partial charge in [-0.25, -0.2) is 0 Å². The van der Waals surface area contributed by atoms with Crippen LogP contribution >= 0.6 is 0 Å². The van der Waals surface area contributed by atoms with Gasteiger partial charge >= 0.3 is 0 Å². The Labute approximate surface area is 113 Å². The van der Waals surface area contributed by atoms with Crippen molar-refractivity contribution in [2.75, 3.05) is 7.11 Å². The molecule has 1 aliphatic carbocycles. The van der Waals surface area contributed by atoms with Crippen LogP contribution < -0.4 is 10.1 Å². The predicted molar refractivity (Wildman–Crippen MR) is 76.1 cm³/mol. The van der Waals surface area contributed by atoms with Crippen molar-refractivity contribution in [1.29, 1.82) is 0 Å². The molecule has 2 aromatic rings. The van der Waals surface area contributed by atoms with Crippen LogP contribution in [0.3, 0.4) is 0 Å². The first-order valence-electron chi connectivity index (χ1n) is 6.69. The fourth-order valence-corrected chi connectivity index (χ4v) is 2.20. The molecule has 1 N–H and O–H groups in total. The highest BCUT2D eigenvalue weighted by Gasteiger charge is 2.20. The third kappa shape index (κ3) is 2.76. The first kappa shape index (κ1) is 12.2. The van der Waals surface area contributed by atoms with E-state index < -0.39 is 0 Å². The maximum absolute atomic E-state index is 5.41. The van der Waals surface area contributed by atoms with Gasteiger partial charge in [-0.15, -0.1) is 0 Å². The summed E-state index contributed by atoms with van der Waals surface area (Å²) in [5.74, 6) is 0.821. The van der Waals surface area contributed by atoms with Crippen LogP contribution in [0.2, 0.25) is 0 Å². The minimum absolute atomic E-state index is 0.707. The molecule has 1 aromatic heterocycles. The lowest BCUT2D eigenvalue weighted by molar-refractivity contribution is 0.414. The fourth-order valence-electron chi connectivity index (χ4n) is 2.20. The van der Waals surface area contributed by atoms with Gasteiger partial charge in [0.15, 0.2) is 0 Å². The zero-order valence-corrected chi connectivity index (χ0v) is 11.1. The molecule has 0 unspecified atom stereocenters. The molecule has 3 nitrogen and oxygen atoms in total. The second kappa shape index (κ2) is 5.41. The molecule has 1 aliphatic rings. The Balaban J connectivity index is 1.93. The second-order valence-corrected chi connectivity index (χ2v) is 4.87. The van der Waals surface area contributed by atoms with Crippen molar-refractivity contribution in [2.45, 2.75) is 25.4 Å². The monoisotopic (exact) mass is 254 g/mol. The topological polar surface area (TPSA) is 34.1 Å². The van der Waals surface area contributed by atoms with Crippen LogP contribution in [0, 0.1) is 0 Å². The molecule has 1 saturated carbocycles. The molecule has 3 rings (SSSR count). The van der Waals surface area contributed by atoms with E-state index in [4.69, 9.17) is 4.74 Å². The van der Waals surface area contributed by atoms with Crippen LogP contribution in [0.4, 0.5) is 0 Å². The lowest BCUT2D eigenvalue weighted by Crippen LogP contribution is -2.16. The Morgan fingerprint density at radius 2 is 2.05 bits per heavy atom. The summed E-state index contributed by atoms with van der Waals surface area (Å²) in [6.45, 7) is 0.889. The van der Waals surface area contributed by atoms with Crippen molar-refractivity contribution in [3.05, 3.63) is 48.2 Å². The van der Waals surface area contributed by atoms with E-state index in [0.29, 0.717) is 6.04 Å². The van der Waals surface area contributed by atoms with Gasteiger partial charge in [0.1, 0.15) is 11.4 Å². The normalized spacial score (nSPS) is 14.4. The van der Waals surface area contributed by atoms with E-state index in [9.17, 15) is 0 Å². The minimum atomic E-state index is 0.707. The lowest BCUT2D eigenvalue weighted by Gasteiger charge is -2.12. The zero-order valence-electron chi connectivity index (χ0n) is 11.1. The Bertz CT molecular complexity index is 564. The number of hydrogen-bond donors (Lipinski definition) is 1. The maximum Gasteiger partial charge on any atom is 0.145 e. The number of methoxy groups -OCH3 is 1. The summed E-state index contributed by atoms with van der Waals surface area (Å²) in [4.78, 5) is 4.47. The summed E-state index contributed by atoms with van der Waals surface area (Å²) < 4.78 is 5.41. The molecule has 1 heterocycles. The van der Waals surface area contributed by atoms with E-state index in [1.807, 2.05) is 24.4 Å². The van der Waals surface area contributed by atoms with Gasteiger partial charge in [0.25, 0.3) is 0 Å². The SMILES string of the molecule is COc1cccnc1-c1ccccc1CNC1CC1. The van der Waals surface area contributed by atoms with Gasteiger partial charge in [-0.2, -0.15) is 0 Å². The van der Waals surface area contributed by atoms with Crippen LogP contribution in [-0.2, 0) is 6.54 Å². The Kier molecular flexibility index (Phi) is 3.47. The van der Waals surface area contributed by atoms with Gasteiger partial charge < -0.3 is 10.1 Å². The van der Waals surface area contributed by atoms with Crippen molar-refractivity contribution < 1.29 is 4.74 Å². The molecule has 0 bridgehead atoms. The minimum Gasteiger partial charge on any atom is -0.494 e. The molecule has 0 radical (unpaired) electrons. The lowest BCUT2D eigenvalue weighted by atomic mass is 10.0. The highest BCUT2D eigenvalue weighted by atomic mass is 16.5.